The summed E-state index contributed by atoms with van der Waals surface area (Å²) in [5.41, 5.74) is 1.71. The van der Waals surface area contributed by atoms with Crippen molar-refractivity contribution in [1.82, 2.24) is 19.5 Å². The molecule has 1 aromatic carbocycles. The number of hydrogen-bond donors (Lipinski definition) is 2. The molecule has 0 aliphatic heterocycles. The number of aromatic amines is 1. The van der Waals surface area contributed by atoms with E-state index in [1.807, 2.05) is 24.3 Å². The molecule has 3 heterocycles. The van der Waals surface area contributed by atoms with Crippen molar-refractivity contribution in [2.75, 3.05) is 5.32 Å². The van der Waals surface area contributed by atoms with Gasteiger partial charge in [0.15, 0.2) is 0 Å². The van der Waals surface area contributed by atoms with E-state index < -0.39 is 11.5 Å². The monoisotopic (exact) mass is 319 g/mol. The smallest absolute Gasteiger partial charge is 0.264 e. The maximum Gasteiger partial charge on any atom is 0.264 e. The molecule has 0 saturated heterocycles. The summed E-state index contributed by atoms with van der Waals surface area (Å²) in [4.78, 5) is 36.4. The average molecular weight is 319 g/mol. The Balaban J connectivity index is 1.75. The maximum absolute atomic E-state index is 12.5. The van der Waals surface area contributed by atoms with Gasteiger partial charge in [-0.15, -0.1) is 0 Å². The summed E-state index contributed by atoms with van der Waals surface area (Å²) < 4.78 is 1.36. The zero-order valence-electron chi connectivity index (χ0n) is 12.8. The molecule has 4 rings (SSSR count). The van der Waals surface area contributed by atoms with Crippen LogP contribution in [0, 0.1) is 0 Å². The van der Waals surface area contributed by atoms with Crippen molar-refractivity contribution in [3.8, 4) is 0 Å². The lowest BCUT2D eigenvalue weighted by Gasteiger charge is -2.07. The molecule has 7 heteroatoms. The standard InChI is InChI=1S/C17H13N5O2/c1-22-14-10(5-4-8-18-14)9-11(16(22)24)15(23)21-17-19-12-6-2-3-7-13(12)20-17/h2-9H,1H3,(H2,19,20,21,23). The van der Waals surface area contributed by atoms with Crippen LogP contribution in [-0.2, 0) is 7.05 Å². The molecular weight excluding hydrogens is 306 g/mol. The maximum atomic E-state index is 12.5. The summed E-state index contributed by atoms with van der Waals surface area (Å²) in [6.45, 7) is 0. The molecule has 1 amide bonds. The van der Waals surface area contributed by atoms with Gasteiger partial charge < -0.3 is 4.98 Å². The largest absolute Gasteiger partial charge is 0.324 e. The van der Waals surface area contributed by atoms with E-state index in [0.717, 1.165) is 11.0 Å². The third kappa shape index (κ3) is 2.23. The van der Waals surface area contributed by atoms with E-state index in [1.165, 1.54) is 4.57 Å². The van der Waals surface area contributed by atoms with E-state index in [1.54, 1.807) is 31.4 Å². The Morgan fingerprint density at radius 2 is 2.04 bits per heavy atom. The minimum atomic E-state index is -0.514. The van der Waals surface area contributed by atoms with Crippen molar-refractivity contribution in [3.63, 3.8) is 0 Å². The molecule has 0 aliphatic rings. The van der Waals surface area contributed by atoms with Crippen LogP contribution in [0.3, 0.4) is 0 Å². The Kier molecular flexibility index (Phi) is 3.13. The van der Waals surface area contributed by atoms with Crippen molar-refractivity contribution in [1.29, 1.82) is 0 Å². The van der Waals surface area contributed by atoms with Gasteiger partial charge in [-0.1, -0.05) is 12.1 Å². The second kappa shape index (κ2) is 5.31. The van der Waals surface area contributed by atoms with Gasteiger partial charge in [0.05, 0.1) is 11.0 Å². The van der Waals surface area contributed by atoms with Crippen LogP contribution >= 0.6 is 0 Å². The number of fused-ring (bicyclic) bond motifs is 2. The molecule has 24 heavy (non-hydrogen) atoms. The third-order valence-corrected chi connectivity index (χ3v) is 3.84. The summed E-state index contributed by atoms with van der Waals surface area (Å²) in [6, 6.07) is 12.5. The number of anilines is 1. The molecular formula is C17H13N5O2. The topological polar surface area (TPSA) is 92.7 Å². The van der Waals surface area contributed by atoms with Gasteiger partial charge in [0.1, 0.15) is 11.2 Å². The first-order chi connectivity index (χ1) is 11.6. The number of carbonyl (C=O) groups excluding carboxylic acids is 1. The van der Waals surface area contributed by atoms with Crippen LogP contribution in [-0.4, -0.2) is 25.4 Å². The number of nitrogens with one attached hydrogen (secondary N) is 2. The van der Waals surface area contributed by atoms with Crippen molar-refractivity contribution in [2.24, 2.45) is 7.05 Å². The molecule has 118 valence electrons. The Labute approximate surface area is 136 Å². The number of aryl methyl sites for hydroxylation is 1. The highest BCUT2D eigenvalue weighted by molar-refractivity contribution is 6.05. The first kappa shape index (κ1) is 14.1. The number of para-hydroxylation sites is 2. The molecule has 4 aromatic rings. The Bertz CT molecular complexity index is 1110. The Morgan fingerprint density at radius 3 is 2.88 bits per heavy atom. The predicted octanol–water partition coefficient (Wildman–Crippen LogP) is 2.06. The predicted molar refractivity (Wildman–Crippen MR) is 91.0 cm³/mol. The fourth-order valence-electron chi connectivity index (χ4n) is 2.65. The number of H-pyrrole nitrogens is 1. The van der Waals surface area contributed by atoms with Crippen molar-refractivity contribution >= 4 is 33.9 Å². The van der Waals surface area contributed by atoms with Gasteiger partial charge in [-0.25, -0.2) is 9.97 Å². The van der Waals surface area contributed by atoms with Gasteiger partial charge in [0.25, 0.3) is 11.5 Å². The Hall–Kier alpha value is -3.48. The number of amides is 1. The van der Waals surface area contributed by atoms with Crippen LogP contribution in [0.25, 0.3) is 22.1 Å². The number of nitrogens with zero attached hydrogens (tertiary/aromatic N) is 3. The second-order valence-electron chi connectivity index (χ2n) is 5.40. The third-order valence-electron chi connectivity index (χ3n) is 3.84. The summed E-state index contributed by atoms with van der Waals surface area (Å²) in [5.74, 6) is -0.213. The van der Waals surface area contributed by atoms with Crippen LogP contribution in [0.2, 0.25) is 0 Å². The lowest BCUT2D eigenvalue weighted by Crippen LogP contribution is -2.28. The van der Waals surface area contributed by atoms with E-state index in [2.05, 4.69) is 20.3 Å². The summed E-state index contributed by atoms with van der Waals surface area (Å²) in [6.07, 6.45) is 1.61. The van der Waals surface area contributed by atoms with E-state index in [-0.39, 0.29) is 5.56 Å². The number of benzene rings is 1. The van der Waals surface area contributed by atoms with E-state index in [4.69, 9.17) is 0 Å². The minimum absolute atomic E-state index is 0.0402. The van der Waals surface area contributed by atoms with Crippen LogP contribution < -0.4 is 10.9 Å². The van der Waals surface area contributed by atoms with Gasteiger partial charge in [-0.3, -0.25) is 19.5 Å². The minimum Gasteiger partial charge on any atom is -0.324 e. The molecule has 0 atom stereocenters. The van der Waals surface area contributed by atoms with Crippen molar-refractivity contribution in [2.45, 2.75) is 0 Å². The van der Waals surface area contributed by atoms with E-state index in [0.29, 0.717) is 17.0 Å². The van der Waals surface area contributed by atoms with Crippen LogP contribution in [0.5, 0.6) is 0 Å². The molecule has 2 N–H and O–H groups in total. The zero-order chi connectivity index (χ0) is 16.7. The number of imidazole rings is 1. The number of rotatable bonds is 2. The number of hydrogen-bond acceptors (Lipinski definition) is 4. The quantitative estimate of drug-likeness (QED) is 0.591. The van der Waals surface area contributed by atoms with Crippen molar-refractivity contribution < 1.29 is 4.79 Å². The first-order valence-corrected chi connectivity index (χ1v) is 7.34. The molecule has 3 aromatic heterocycles. The summed E-state index contributed by atoms with van der Waals surface area (Å²) in [5, 5.41) is 3.36. The number of carbonyl (C=O) groups is 1. The molecule has 7 nitrogen and oxygen atoms in total. The fourth-order valence-corrected chi connectivity index (χ4v) is 2.65. The Morgan fingerprint density at radius 1 is 1.21 bits per heavy atom. The molecule has 0 unspecified atom stereocenters. The molecule has 0 bridgehead atoms. The number of aromatic nitrogens is 4. The highest BCUT2D eigenvalue weighted by Gasteiger charge is 2.16. The second-order valence-corrected chi connectivity index (χ2v) is 5.40. The van der Waals surface area contributed by atoms with Gasteiger partial charge >= 0.3 is 0 Å². The molecule has 0 spiro atoms. The average Bonchev–Trinajstić information content (AvgIpc) is 3.00. The molecule has 0 aliphatic carbocycles. The van der Waals surface area contributed by atoms with Gasteiger partial charge in [-0.05, 0) is 30.3 Å². The van der Waals surface area contributed by atoms with Crippen LogP contribution in [0.1, 0.15) is 10.4 Å². The normalized spacial score (nSPS) is 11.0. The van der Waals surface area contributed by atoms with Gasteiger partial charge in [-0.2, -0.15) is 0 Å². The number of pyridine rings is 2. The van der Waals surface area contributed by atoms with Crippen LogP contribution in [0.15, 0.2) is 53.5 Å². The van der Waals surface area contributed by atoms with Gasteiger partial charge in [0.2, 0.25) is 5.95 Å². The molecule has 0 radical (unpaired) electrons. The highest BCUT2D eigenvalue weighted by Crippen LogP contribution is 2.15. The van der Waals surface area contributed by atoms with Crippen molar-refractivity contribution in [3.05, 3.63) is 64.6 Å². The fraction of sp³-hybridized carbons (Fsp3) is 0.0588. The highest BCUT2D eigenvalue weighted by atomic mass is 16.2. The molecule has 0 fully saturated rings. The first-order valence-electron chi connectivity index (χ1n) is 7.34. The van der Waals surface area contributed by atoms with E-state index >= 15 is 0 Å². The van der Waals surface area contributed by atoms with E-state index in [9.17, 15) is 9.59 Å². The van der Waals surface area contributed by atoms with Crippen LogP contribution in [0.4, 0.5) is 5.95 Å². The summed E-state index contributed by atoms with van der Waals surface area (Å²) >= 11 is 0. The van der Waals surface area contributed by atoms with Gasteiger partial charge in [0, 0.05) is 18.6 Å². The zero-order valence-corrected chi connectivity index (χ0v) is 12.8. The SMILES string of the molecule is Cn1c(=O)c(C(=O)Nc2nc3ccccc3[nH]2)cc2cccnc21. The molecule has 0 saturated carbocycles. The summed E-state index contributed by atoms with van der Waals surface area (Å²) in [7, 11) is 1.59. The lowest BCUT2D eigenvalue weighted by atomic mass is 10.2. The lowest BCUT2D eigenvalue weighted by molar-refractivity contribution is 0.102.